The Hall–Kier alpha value is -3.07. The van der Waals surface area contributed by atoms with Gasteiger partial charge in [-0.1, -0.05) is 35.3 Å². The molecule has 0 amide bonds. The smallest absolute Gasteiger partial charge is 0.265 e. The maximum absolute atomic E-state index is 13.1. The number of hydrogen-bond acceptors (Lipinski definition) is 5. The number of para-hydroxylation sites is 1. The van der Waals surface area contributed by atoms with Crippen LogP contribution in [0.5, 0.6) is 5.75 Å². The lowest BCUT2D eigenvalue weighted by Crippen LogP contribution is -2.22. The Morgan fingerprint density at radius 1 is 1.03 bits per heavy atom. The summed E-state index contributed by atoms with van der Waals surface area (Å²) in [7, 11) is -2.74. The van der Waals surface area contributed by atoms with Crippen molar-refractivity contribution in [1.82, 2.24) is 9.55 Å². The summed E-state index contributed by atoms with van der Waals surface area (Å²) < 4.78 is 35.1. The molecule has 0 saturated carbocycles. The lowest BCUT2D eigenvalue weighted by Gasteiger charge is -2.15. The number of anilines is 1. The van der Waals surface area contributed by atoms with Crippen LogP contribution in [-0.2, 0) is 10.0 Å². The van der Waals surface area contributed by atoms with Gasteiger partial charge in [-0.2, -0.15) is 0 Å². The SMILES string of the molecule is COc1ccc(Cl)cc1S(=O)(=O)Nc1cc(-n2c(C)nc3ccccc3c2=O)ccc1Cl. The molecule has 0 aliphatic rings. The summed E-state index contributed by atoms with van der Waals surface area (Å²) in [6.45, 7) is 1.70. The second kappa shape index (κ2) is 8.46. The average Bonchev–Trinajstić information content (AvgIpc) is 2.75. The number of fused-ring (bicyclic) bond motifs is 1. The predicted octanol–water partition coefficient (Wildman–Crippen LogP) is 4.81. The molecule has 0 aliphatic heterocycles. The van der Waals surface area contributed by atoms with Gasteiger partial charge in [-0.15, -0.1) is 0 Å². The lowest BCUT2D eigenvalue weighted by molar-refractivity contribution is 0.403. The highest BCUT2D eigenvalue weighted by atomic mass is 35.5. The van der Waals surface area contributed by atoms with Crippen LogP contribution in [0.3, 0.4) is 0 Å². The van der Waals surface area contributed by atoms with Crippen LogP contribution in [0.2, 0.25) is 10.0 Å². The van der Waals surface area contributed by atoms with E-state index in [-0.39, 0.29) is 31.9 Å². The molecule has 4 rings (SSSR count). The summed E-state index contributed by atoms with van der Waals surface area (Å²) in [6, 6.07) is 15.9. The molecule has 0 fully saturated rings. The monoisotopic (exact) mass is 489 g/mol. The first-order valence-corrected chi connectivity index (χ1v) is 11.6. The van der Waals surface area contributed by atoms with Crippen LogP contribution in [0.1, 0.15) is 5.82 Å². The number of methoxy groups -OCH3 is 1. The Labute approximate surface area is 194 Å². The fourth-order valence-electron chi connectivity index (χ4n) is 3.34. The van der Waals surface area contributed by atoms with Crippen LogP contribution in [0, 0.1) is 6.92 Å². The predicted molar refractivity (Wildman–Crippen MR) is 126 cm³/mol. The van der Waals surface area contributed by atoms with Crippen LogP contribution < -0.4 is 15.0 Å². The van der Waals surface area contributed by atoms with Gasteiger partial charge < -0.3 is 4.74 Å². The van der Waals surface area contributed by atoms with E-state index in [1.165, 1.54) is 42.0 Å². The highest BCUT2D eigenvalue weighted by Crippen LogP contribution is 2.32. The number of rotatable bonds is 5. The van der Waals surface area contributed by atoms with E-state index in [1.54, 1.807) is 37.3 Å². The third-order valence-electron chi connectivity index (χ3n) is 4.81. The van der Waals surface area contributed by atoms with Gasteiger partial charge >= 0.3 is 0 Å². The molecule has 0 saturated heterocycles. The summed E-state index contributed by atoms with van der Waals surface area (Å²) in [5.41, 5.74) is 0.798. The second-order valence-corrected chi connectivity index (χ2v) is 9.38. The largest absolute Gasteiger partial charge is 0.495 e. The molecule has 32 heavy (non-hydrogen) atoms. The summed E-state index contributed by atoms with van der Waals surface area (Å²) in [6.07, 6.45) is 0. The van der Waals surface area contributed by atoms with Crippen LogP contribution in [0.25, 0.3) is 16.6 Å². The zero-order valence-electron chi connectivity index (χ0n) is 17.0. The van der Waals surface area contributed by atoms with Gasteiger partial charge in [0.15, 0.2) is 0 Å². The van der Waals surface area contributed by atoms with Gasteiger partial charge in [0.05, 0.1) is 34.4 Å². The molecule has 0 atom stereocenters. The molecular formula is C22H17Cl2N3O4S. The zero-order chi connectivity index (χ0) is 23.0. The van der Waals surface area contributed by atoms with Crippen molar-refractivity contribution >= 4 is 49.8 Å². The molecule has 3 aromatic carbocycles. The lowest BCUT2D eigenvalue weighted by atomic mass is 10.2. The minimum atomic E-state index is -4.10. The van der Waals surface area contributed by atoms with Gasteiger partial charge in [-0.25, -0.2) is 13.4 Å². The van der Waals surface area contributed by atoms with Crippen molar-refractivity contribution in [3.8, 4) is 11.4 Å². The fourth-order valence-corrected chi connectivity index (χ4v) is 5.06. The second-order valence-electron chi connectivity index (χ2n) is 6.88. The van der Waals surface area contributed by atoms with Gasteiger partial charge in [-0.05, 0) is 55.5 Å². The Bertz CT molecular complexity index is 1520. The molecule has 1 N–H and O–H groups in total. The van der Waals surface area contributed by atoms with E-state index < -0.39 is 10.0 Å². The third kappa shape index (κ3) is 4.04. The fraction of sp³-hybridized carbons (Fsp3) is 0.0909. The van der Waals surface area contributed by atoms with E-state index in [0.29, 0.717) is 22.4 Å². The highest BCUT2D eigenvalue weighted by molar-refractivity contribution is 7.92. The van der Waals surface area contributed by atoms with Gasteiger partial charge in [0.25, 0.3) is 15.6 Å². The third-order valence-corrected chi connectivity index (χ3v) is 6.76. The summed E-state index contributed by atoms with van der Waals surface area (Å²) >= 11 is 12.3. The van der Waals surface area contributed by atoms with E-state index in [4.69, 9.17) is 27.9 Å². The molecule has 0 aliphatic carbocycles. The number of benzene rings is 3. The number of halogens is 2. The van der Waals surface area contributed by atoms with E-state index in [0.717, 1.165) is 0 Å². The summed E-state index contributed by atoms with van der Waals surface area (Å²) in [5, 5.41) is 0.826. The van der Waals surface area contributed by atoms with Gasteiger partial charge in [-0.3, -0.25) is 14.1 Å². The van der Waals surface area contributed by atoms with Crippen LogP contribution in [0.15, 0.2) is 70.4 Å². The first-order valence-electron chi connectivity index (χ1n) is 9.36. The van der Waals surface area contributed by atoms with E-state index in [9.17, 15) is 13.2 Å². The van der Waals surface area contributed by atoms with Crippen molar-refractivity contribution in [2.45, 2.75) is 11.8 Å². The molecule has 10 heteroatoms. The van der Waals surface area contributed by atoms with Crippen molar-refractivity contribution in [1.29, 1.82) is 0 Å². The standard InChI is InChI=1S/C22H17Cl2N3O4S/c1-13-25-18-6-4-3-5-16(18)22(28)27(13)15-8-9-17(24)19(12-15)26-32(29,30)21-11-14(23)7-10-20(21)31-2/h3-12,26H,1-2H3. The Kier molecular flexibility index (Phi) is 5.85. The molecule has 0 bridgehead atoms. The van der Waals surface area contributed by atoms with Crippen molar-refractivity contribution in [2.24, 2.45) is 0 Å². The molecule has 1 heterocycles. The molecule has 0 unspecified atom stereocenters. The van der Waals surface area contributed by atoms with Crippen molar-refractivity contribution in [3.63, 3.8) is 0 Å². The van der Waals surface area contributed by atoms with E-state index >= 15 is 0 Å². The first kappa shape index (κ1) is 22.1. The van der Waals surface area contributed by atoms with Crippen molar-refractivity contribution in [3.05, 3.63) is 86.9 Å². The zero-order valence-corrected chi connectivity index (χ0v) is 19.3. The number of aromatic nitrogens is 2. The Morgan fingerprint density at radius 2 is 1.78 bits per heavy atom. The minimum Gasteiger partial charge on any atom is -0.495 e. The summed E-state index contributed by atoms with van der Waals surface area (Å²) in [5.74, 6) is 0.571. The molecule has 0 spiro atoms. The normalized spacial score (nSPS) is 11.5. The highest BCUT2D eigenvalue weighted by Gasteiger charge is 2.22. The van der Waals surface area contributed by atoms with Crippen LogP contribution in [0.4, 0.5) is 5.69 Å². The topological polar surface area (TPSA) is 90.3 Å². The quantitative estimate of drug-likeness (QED) is 0.434. The Morgan fingerprint density at radius 3 is 2.53 bits per heavy atom. The molecule has 164 valence electrons. The summed E-state index contributed by atoms with van der Waals surface area (Å²) in [4.78, 5) is 17.4. The average molecular weight is 490 g/mol. The van der Waals surface area contributed by atoms with Crippen LogP contribution >= 0.6 is 23.2 Å². The number of ether oxygens (including phenoxy) is 1. The van der Waals surface area contributed by atoms with Gasteiger partial charge in [0.1, 0.15) is 16.5 Å². The maximum atomic E-state index is 13.1. The van der Waals surface area contributed by atoms with E-state index in [1.807, 2.05) is 0 Å². The molecule has 0 radical (unpaired) electrons. The number of aryl methyl sites for hydroxylation is 1. The van der Waals surface area contributed by atoms with Gasteiger partial charge in [0, 0.05) is 5.02 Å². The van der Waals surface area contributed by atoms with E-state index in [2.05, 4.69) is 9.71 Å². The molecular weight excluding hydrogens is 473 g/mol. The van der Waals surface area contributed by atoms with Gasteiger partial charge in [0.2, 0.25) is 0 Å². The number of nitrogens with zero attached hydrogens (tertiary/aromatic N) is 2. The van der Waals surface area contributed by atoms with Crippen molar-refractivity contribution in [2.75, 3.05) is 11.8 Å². The number of nitrogens with one attached hydrogen (secondary N) is 1. The first-order chi connectivity index (χ1) is 15.2. The van der Waals surface area contributed by atoms with Crippen LogP contribution in [-0.4, -0.2) is 25.1 Å². The minimum absolute atomic E-state index is 0.0886. The van der Waals surface area contributed by atoms with Crippen molar-refractivity contribution < 1.29 is 13.2 Å². The maximum Gasteiger partial charge on any atom is 0.265 e. The number of sulfonamides is 1. The molecule has 7 nitrogen and oxygen atoms in total. The number of hydrogen-bond donors (Lipinski definition) is 1. The molecule has 1 aromatic heterocycles. The molecule has 4 aromatic rings. The Balaban J connectivity index is 1.83.